The molecule has 5 heteroatoms. The number of nitrogens with two attached hydrogens (primary N) is 2. The van der Waals surface area contributed by atoms with E-state index in [-0.39, 0.29) is 11.6 Å². The summed E-state index contributed by atoms with van der Waals surface area (Å²) in [4.78, 5) is 11.7. The van der Waals surface area contributed by atoms with Crippen molar-refractivity contribution in [3.63, 3.8) is 0 Å². The number of Topliss-reactive ketones (excluding diaryl/α,β-unsaturated/α-hetero) is 1. The number of aryl methyl sites for hydroxylation is 1. The smallest absolute Gasteiger partial charge is 0.205 e. The molecule has 5 nitrogen and oxygen atoms in total. The molecule has 4 N–H and O–H groups in total. The third-order valence-electron chi connectivity index (χ3n) is 3.17. The number of amidine groups is 1. The molecule has 1 aromatic carbocycles. The molecule has 1 rings (SSSR count). The average Bonchev–Trinajstić information content (AvgIpc) is 2.44. The largest absolute Gasteiger partial charge is 0.321 e. The lowest BCUT2D eigenvalue weighted by atomic mass is 10.0. The van der Waals surface area contributed by atoms with Crippen molar-refractivity contribution in [1.82, 2.24) is 5.01 Å². The molecule has 20 heavy (non-hydrogen) atoms. The van der Waals surface area contributed by atoms with Gasteiger partial charge in [0.05, 0.1) is 0 Å². The summed E-state index contributed by atoms with van der Waals surface area (Å²) in [6, 6.07) is 10.4. The minimum Gasteiger partial charge on any atom is -0.321 e. The van der Waals surface area contributed by atoms with Crippen LogP contribution in [0.5, 0.6) is 0 Å². The number of unbranched alkanes of at least 4 members (excludes halogenated alkanes) is 3. The fourth-order valence-corrected chi connectivity index (χ4v) is 2.08. The monoisotopic (exact) mass is 276 g/mol. The molecule has 0 aliphatic rings. The molecular weight excluding hydrogens is 252 g/mol. The summed E-state index contributed by atoms with van der Waals surface area (Å²) >= 11 is 0. The third kappa shape index (κ3) is 5.84. The number of hydrazine groups is 1. The molecule has 0 saturated heterocycles. The topological polar surface area (TPSA) is 84.7 Å². The van der Waals surface area contributed by atoms with Gasteiger partial charge in [0.25, 0.3) is 0 Å². The highest BCUT2D eigenvalue weighted by atomic mass is 16.1. The minimum atomic E-state index is -0.0967. The number of likely N-dealkylation sites (N-methyl/N-ethyl adjacent to an activating group) is 1. The average molecular weight is 276 g/mol. The molecule has 0 aromatic heterocycles. The third-order valence-corrected chi connectivity index (χ3v) is 3.17. The van der Waals surface area contributed by atoms with Gasteiger partial charge in [-0.2, -0.15) is 5.10 Å². The summed E-state index contributed by atoms with van der Waals surface area (Å²) in [5.41, 5.74) is 1.37. The molecule has 0 spiro atoms. The van der Waals surface area contributed by atoms with E-state index in [2.05, 4.69) is 29.4 Å². The van der Waals surface area contributed by atoms with Gasteiger partial charge in [0.1, 0.15) is 0 Å². The van der Waals surface area contributed by atoms with Crippen LogP contribution >= 0.6 is 0 Å². The second-order valence-corrected chi connectivity index (χ2v) is 4.89. The quantitative estimate of drug-likeness (QED) is 0.249. The molecule has 0 aliphatic heterocycles. The van der Waals surface area contributed by atoms with Gasteiger partial charge in [-0.05, 0) is 24.8 Å². The number of rotatable bonds is 8. The lowest BCUT2D eigenvalue weighted by Gasteiger charge is -2.12. The van der Waals surface area contributed by atoms with E-state index < -0.39 is 0 Å². The Morgan fingerprint density at radius 2 is 1.80 bits per heavy atom. The van der Waals surface area contributed by atoms with E-state index in [1.165, 1.54) is 5.56 Å². The second kappa shape index (κ2) is 9.09. The fourth-order valence-electron chi connectivity index (χ4n) is 2.08. The van der Waals surface area contributed by atoms with Crippen LogP contribution in [0.2, 0.25) is 0 Å². The van der Waals surface area contributed by atoms with Crippen LogP contribution in [0, 0.1) is 0 Å². The maximum Gasteiger partial charge on any atom is 0.205 e. The first kappa shape index (κ1) is 16.2. The zero-order valence-corrected chi connectivity index (χ0v) is 12.1. The number of nitrogens with zero attached hydrogens (tertiary/aromatic N) is 2. The van der Waals surface area contributed by atoms with Crippen LogP contribution in [0.4, 0.5) is 0 Å². The van der Waals surface area contributed by atoms with Crippen molar-refractivity contribution in [2.75, 3.05) is 7.05 Å². The van der Waals surface area contributed by atoms with E-state index in [1.54, 1.807) is 7.05 Å². The van der Waals surface area contributed by atoms with Crippen molar-refractivity contribution in [3.05, 3.63) is 35.9 Å². The molecular formula is C15H24N4O. The van der Waals surface area contributed by atoms with Crippen molar-refractivity contribution in [2.24, 2.45) is 16.8 Å². The van der Waals surface area contributed by atoms with Crippen LogP contribution in [-0.2, 0) is 11.2 Å². The number of hydrazone groups is 1. The SMILES string of the molecule is CN(N)/C(=N\N)C(=O)CCCCCCc1ccccc1. The van der Waals surface area contributed by atoms with Crippen LogP contribution in [0.25, 0.3) is 0 Å². The standard InChI is InChI=1S/C15H24N4O/c1-19(17)15(18-16)14(20)12-8-3-2-5-9-13-10-6-4-7-11-13/h4,6-7,10-11H,2-3,5,8-9,12,16-17H2,1H3/b18-15-. The first-order chi connectivity index (χ1) is 9.65. The summed E-state index contributed by atoms with van der Waals surface area (Å²) in [6.45, 7) is 0. The van der Waals surface area contributed by atoms with E-state index >= 15 is 0 Å². The number of benzene rings is 1. The lowest BCUT2D eigenvalue weighted by molar-refractivity contribution is -0.113. The number of carbonyl (C=O) groups is 1. The highest BCUT2D eigenvalue weighted by Gasteiger charge is 2.13. The van der Waals surface area contributed by atoms with Gasteiger partial charge in [0.15, 0.2) is 0 Å². The van der Waals surface area contributed by atoms with Crippen molar-refractivity contribution in [1.29, 1.82) is 0 Å². The summed E-state index contributed by atoms with van der Waals surface area (Å²) in [5.74, 6) is 10.6. The molecule has 0 saturated carbocycles. The molecule has 0 radical (unpaired) electrons. The number of carbonyl (C=O) groups excluding carboxylic acids is 1. The van der Waals surface area contributed by atoms with Crippen LogP contribution in [0.15, 0.2) is 35.4 Å². The number of hydrogen-bond acceptors (Lipinski definition) is 4. The number of hydrogen-bond donors (Lipinski definition) is 2. The van der Waals surface area contributed by atoms with Gasteiger partial charge in [-0.1, -0.05) is 43.2 Å². The van der Waals surface area contributed by atoms with Crippen LogP contribution in [-0.4, -0.2) is 23.7 Å². The Bertz CT molecular complexity index is 429. The Balaban J connectivity index is 2.12. The van der Waals surface area contributed by atoms with E-state index in [0.717, 1.165) is 37.1 Å². The molecule has 110 valence electrons. The fraction of sp³-hybridized carbons (Fsp3) is 0.467. The van der Waals surface area contributed by atoms with E-state index in [1.807, 2.05) is 6.07 Å². The van der Waals surface area contributed by atoms with Gasteiger partial charge < -0.3 is 5.84 Å². The zero-order chi connectivity index (χ0) is 14.8. The summed E-state index contributed by atoms with van der Waals surface area (Å²) < 4.78 is 0. The first-order valence-electron chi connectivity index (χ1n) is 6.98. The predicted molar refractivity (Wildman–Crippen MR) is 81.8 cm³/mol. The lowest BCUT2D eigenvalue weighted by Crippen LogP contribution is -2.39. The Kier molecular flexibility index (Phi) is 7.35. The van der Waals surface area contributed by atoms with Gasteiger partial charge >= 0.3 is 0 Å². The molecule has 0 bridgehead atoms. The molecule has 0 fully saturated rings. The molecule has 0 unspecified atom stereocenters. The van der Waals surface area contributed by atoms with E-state index in [9.17, 15) is 4.79 Å². The van der Waals surface area contributed by atoms with Crippen LogP contribution < -0.4 is 11.7 Å². The maximum atomic E-state index is 11.7. The van der Waals surface area contributed by atoms with Crippen molar-refractivity contribution in [2.45, 2.75) is 38.5 Å². The predicted octanol–water partition coefficient (Wildman–Crippen LogP) is 1.83. The summed E-state index contributed by atoms with van der Waals surface area (Å²) in [6.07, 6.45) is 5.69. The second-order valence-electron chi connectivity index (χ2n) is 4.89. The molecule has 1 aromatic rings. The van der Waals surface area contributed by atoms with Crippen molar-refractivity contribution in [3.8, 4) is 0 Å². The van der Waals surface area contributed by atoms with Gasteiger partial charge in [-0.3, -0.25) is 9.80 Å². The van der Waals surface area contributed by atoms with E-state index in [4.69, 9.17) is 11.7 Å². The Hall–Kier alpha value is -1.88. The Morgan fingerprint density at radius 3 is 2.40 bits per heavy atom. The molecule has 0 heterocycles. The van der Waals surface area contributed by atoms with Gasteiger partial charge in [-0.25, -0.2) is 5.84 Å². The molecule has 0 amide bonds. The normalized spacial score (nSPS) is 11.4. The Morgan fingerprint density at radius 1 is 1.15 bits per heavy atom. The highest BCUT2D eigenvalue weighted by Crippen LogP contribution is 2.09. The molecule has 0 aliphatic carbocycles. The Labute approximate surface area is 120 Å². The summed E-state index contributed by atoms with van der Waals surface area (Å²) in [5, 5.41) is 4.57. The highest BCUT2D eigenvalue weighted by molar-refractivity contribution is 6.38. The van der Waals surface area contributed by atoms with Gasteiger partial charge in [0, 0.05) is 13.5 Å². The zero-order valence-electron chi connectivity index (χ0n) is 12.1. The first-order valence-corrected chi connectivity index (χ1v) is 6.98. The molecule has 0 atom stereocenters. The van der Waals surface area contributed by atoms with Crippen LogP contribution in [0.3, 0.4) is 0 Å². The minimum absolute atomic E-state index is 0.0967. The van der Waals surface area contributed by atoms with Gasteiger partial charge in [0.2, 0.25) is 11.6 Å². The maximum absolute atomic E-state index is 11.7. The summed E-state index contributed by atoms with van der Waals surface area (Å²) in [7, 11) is 1.56. The van der Waals surface area contributed by atoms with Gasteiger partial charge in [-0.15, -0.1) is 0 Å². The van der Waals surface area contributed by atoms with E-state index in [0.29, 0.717) is 6.42 Å². The van der Waals surface area contributed by atoms with Crippen molar-refractivity contribution < 1.29 is 4.79 Å². The van der Waals surface area contributed by atoms with Crippen molar-refractivity contribution >= 4 is 11.6 Å². The van der Waals surface area contributed by atoms with Crippen LogP contribution in [0.1, 0.15) is 37.7 Å². The number of ketones is 1.